The van der Waals surface area contributed by atoms with E-state index >= 15 is 0 Å². The molecule has 0 unspecified atom stereocenters. The monoisotopic (exact) mass is 598 g/mol. The van der Waals surface area contributed by atoms with Crippen LogP contribution in [-0.2, 0) is 15.7 Å². The van der Waals surface area contributed by atoms with Crippen LogP contribution < -0.4 is 24.4 Å². The lowest BCUT2D eigenvalue weighted by atomic mass is 9.95. The second kappa shape index (κ2) is 11.4. The smallest absolute Gasteiger partial charge is 0.416 e. The summed E-state index contributed by atoms with van der Waals surface area (Å²) in [6, 6.07) is 12.1. The normalized spacial score (nSPS) is 15.3. The van der Waals surface area contributed by atoms with E-state index in [-0.39, 0.29) is 33.8 Å². The highest BCUT2D eigenvalue weighted by Gasteiger charge is 2.34. The highest BCUT2D eigenvalue weighted by Crippen LogP contribution is 2.36. The zero-order valence-electron chi connectivity index (χ0n) is 22.9. The first-order valence-electron chi connectivity index (χ1n) is 12.7. The van der Waals surface area contributed by atoms with Crippen molar-refractivity contribution in [3.63, 3.8) is 0 Å². The van der Waals surface area contributed by atoms with Crippen LogP contribution in [0, 0.1) is 0 Å². The predicted molar refractivity (Wildman–Crippen MR) is 149 cm³/mol. The molecule has 0 spiro atoms. The fraction of sp³-hybridized carbons (Fsp3) is 0.233. The predicted octanol–water partition coefficient (Wildman–Crippen LogP) is 5.09. The number of aromatic nitrogens is 1. The van der Waals surface area contributed by atoms with E-state index in [1.807, 2.05) is 0 Å². The molecule has 1 aliphatic heterocycles. The van der Waals surface area contributed by atoms with Crippen LogP contribution >= 0.6 is 11.3 Å². The summed E-state index contributed by atoms with van der Waals surface area (Å²) in [5.74, 6) is 0.749. The molecule has 1 aliphatic rings. The quantitative estimate of drug-likeness (QED) is 0.275. The number of fused-ring (bicyclic) bond motifs is 1. The van der Waals surface area contributed by atoms with Crippen molar-refractivity contribution in [1.29, 1.82) is 0 Å². The van der Waals surface area contributed by atoms with Gasteiger partial charge in [0.2, 0.25) is 0 Å². The second-order valence-corrected chi connectivity index (χ2v) is 10.2. The molecule has 12 heteroatoms. The maximum atomic E-state index is 13.8. The van der Waals surface area contributed by atoms with E-state index < -0.39 is 29.3 Å². The third-order valence-electron chi connectivity index (χ3n) is 6.61. The van der Waals surface area contributed by atoms with Crippen LogP contribution in [0.5, 0.6) is 11.5 Å². The van der Waals surface area contributed by atoms with Gasteiger partial charge in [0.05, 0.1) is 48.2 Å². The number of allylic oxidation sites excluding steroid dienone is 1. The Morgan fingerprint density at radius 1 is 1.10 bits per heavy atom. The molecule has 0 N–H and O–H groups in total. The van der Waals surface area contributed by atoms with Gasteiger partial charge in [0.25, 0.3) is 5.56 Å². The van der Waals surface area contributed by atoms with Gasteiger partial charge < -0.3 is 18.6 Å². The zero-order chi connectivity index (χ0) is 30.2. The van der Waals surface area contributed by atoms with Gasteiger partial charge in [0.1, 0.15) is 11.5 Å². The summed E-state index contributed by atoms with van der Waals surface area (Å²) < 4.78 is 63.2. The molecule has 4 aromatic rings. The Labute approximate surface area is 241 Å². The number of alkyl halides is 3. The van der Waals surface area contributed by atoms with E-state index in [0.717, 1.165) is 23.5 Å². The summed E-state index contributed by atoms with van der Waals surface area (Å²) in [4.78, 5) is 31.8. The fourth-order valence-corrected chi connectivity index (χ4v) is 5.72. The number of methoxy groups -OCH3 is 2. The van der Waals surface area contributed by atoms with Gasteiger partial charge in [-0.05, 0) is 55.8 Å². The lowest BCUT2D eigenvalue weighted by Crippen LogP contribution is -2.39. The number of hydrogen-bond acceptors (Lipinski definition) is 8. The number of esters is 1. The standard InChI is InChI=1S/C30H25F3N2O6S/c1-5-40-28(37)25-16(2)34-29-35(26(25)18-9-11-22(38-3)23(14-18)39-4)27(36)24(42-29)15-20-10-12-21(41-20)17-7-6-8-19(13-17)30(31,32)33/h6-15,26H,5H2,1-4H3/b24-15+/t26-/m0/s1. The molecule has 0 saturated heterocycles. The van der Waals surface area contributed by atoms with E-state index in [9.17, 15) is 22.8 Å². The van der Waals surface area contributed by atoms with Crippen molar-refractivity contribution in [1.82, 2.24) is 4.57 Å². The van der Waals surface area contributed by atoms with E-state index in [4.69, 9.17) is 18.6 Å². The number of benzene rings is 2. The van der Waals surface area contributed by atoms with Crippen LogP contribution in [-0.4, -0.2) is 31.4 Å². The van der Waals surface area contributed by atoms with E-state index in [1.165, 1.54) is 43.1 Å². The van der Waals surface area contributed by atoms with Gasteiger partial charge in [-0.2, -0.15) is 13.2 Å². The van der Waals surface area contributed by atoms with E-state index in [1.54, 1.807) is 38.1 Å². The lowest BCUT2D eigenvalue weighted by molar-refractivity contribution is -0.139. The molecular formula is C30H25F3N2O6S. The highest BCUT2D eigenvalue weighted by atomic mass is 32.1. The maximum absolute atomic E-state index is 13.8. The van der Waals surface area contributed by atoms with Gasteiger partial charge in [0, 0.05) is 11.6 Å². The van der Waals surface area contributed by atoms with Crippen LogP contribution in [0.4, 0.5) is 13.2 Å². The number of furan rings is 1. The van der Waals surface area contributed by atoms with Crippen LogP contribution in [0.2, 0.25) is 0 Å². The molecule has 218 valence electrons. The Morgan fingerprint density at radius 2 is 1.86 bits per heavy atom. The summed E-state index contributed by atoms with van der Waals surface area (Å²) >= 11 is 1.09. The van der Waals surface area contributed by atoms with Crippen molar-refractivity contribution in [3.05, 3.63) is 102 Å². The minimum absolute atomic E-state index is 0.130. The molecule has 1 atom stereocenters. The molecule has 0 amide bonds. The molecule has 2 aromatic carbocycles. The lowest BCUT2D eigenvalue weighted by Gasteiger charge is -2.25. The number of carbonyl (C=O) groups excluding carboxylic acids is 1. The van der Waals surface area contributed by atoms with Gasteiger partial charge in [-0.3, -0.25) is 9.36 Å². The minimum atomic E-state index is -4.50. The van der Waals surface area contributed by atoms with Crippen molar-refractivity contribution < 1.29 is 36.6 Å². The van der Waals surface area contributed by atoms with Crippen molar-refractivity contribution >= 4 is 23.4 Å². The van der Waals surface area contributed by atoms with Gasteiger partial charge in [-0.25, -0.2) is 9.79 Å². The molecule has 2 aromatic heterocycles. The summed E-state index contributed by atoms with van der Waals surface area (Å²) in [6.45, 7) is 3.49. The largest absolute Gasteiger partial charge is 0.493 e. The van der Waals surface area contributed by atoms with Crippen molar-refractivity contribution in [3.8, 4) is 22.8 Å². The topological polar surface area (TPSA) is 92.3 Å². The van der Waals surface area contributed by atoms with Gasteiger partial charge in [-0.1, -0.05) is 29.5 Å². The number of halogens is 3. The van der Waals surface area contributed by atoms with Gasteiger partial charge in [-0.15, -0.1) is 0 Å². The van der Waals surface area contributed by atoms with Crippen molar-refractivity contribution in [2.45, 2.75) is 26.1 Å². The Hall–Kier alpha value is -4.58. The van der Waals surface area contributed by atoms with E-state index in [0.29, 0.717) is 27.6 Å². The first kappa shape index (κ1) is 28.9. The van der Waals surface area contributed by atoms with Crippen LogP contribution in [0.1, 0.15) is 36.8 Å². The summed E-state index contributed by atoms with van der Waals surface area (Å²) in [5, 5.41) is 0. The summed E-state index contributed by atoms with van der Waals surface area (Å²) in [5.41, 5.74) is 0.175. The number of ether oxygens (including phenoxy) is 3. The fourth-order valence-electron chi connectivity index (χ4n) is 4.69. The number of rotatable bonds is 7. The van der Waals surface area contributed by atoms with Crippen LogP contribution in [0.25, 0.3) is 17.4 Å². The molecule has 3 heterocycles. The number of nitrogens with zero attached hydrogens (tertiary/aromatic N) is 2. The number of carbonyl (C=O) groups is 1. The Morgan fingerprint density at radius 3 is 2.55 bits per heavy atom. The summed E-state index contributed by atoms with van der Waals surface area (Å²) in [7, 11) is 2.99. The summed E-state index contributed by atoms with van der Waals surface area (Å²) in [6.07, 6.45) is -3.00. The average Bonchev–Trinajstić information content (AvgIpc) is 3.55. The highest BCUT2D eigenvalue weighted by molar-refractivity contribution is 7.07. The molecule has 0 fully saturated rings. The molecule has 0 aliphatic carbocycles. The third kappa shape index (κ3) is 5.37. The third-order valence-corrected chi connectivity index (χ3v) is 7.60. The van der Waals surface area contributed by atoms with Gasteiger partial charge in [0.15, 0.2) is 16.3 Å². The van der Waals surface area contributed by atoms with Crippen molar-refractivity contribution in [2.75, 3.05) is 20.8 Å². The van der Waals surface area contributed by atoms with E-state index in [2.05, 4.69) is 4.99 Å². The zero-order valence-corrected chi connectivity index (χ0v) is 23.8. The molecule has 0 bridgehead atoms. The first-order chi connectivity index (χ1) is 20.0. The van der Waals surface area contributed by atoms with Crippen LogP contribution in [0.3, 0.4) is 0 Å². The van der Waals surface area contributed by atoms with Crippen molar-refractivity contribution in [2.24, 2.45) is 4.99 Å². The number of hydrogen-bond donors (Lipinski definition) is 0. The SMILES string of the molecule is CCOC(=O)C1=C(C)N=c2s/c(=C/c3ccc(-c4cccc(C(F)(F)F)c4)o3)c(=O)n2[C@H]1c1ccc(OC)c(OC)c1. The Bertz CT molecular complexity index is 1880. The average molecular weight is 599 g/mol. The Kier molecular flexibility index (Phi) is 7.83. The number of thiazole rings is 1. The minimum Gasteiger partial charge on any atom is -0.493 e. The first-order valence-corrected chi connectivity index (χ1v) is 13.6. The van der Waals surface area contributed by atoms with Crippen LogP contribution in [0.15, 0.2) is 80.1 Å². The molecule has 8 nitrogen and oxygen atoms in total. The molecule has 42 heavy (non-hydrogen) atoms. The molecule has 0 saturated carbocycles. The Balaban J connectivity index is 1.63. The maximum Gasteiger partial charge on any atom is 0.416 e. The molecule has 0 radical (unpaired) electrons. The van der Waals surface area contributed by atoms with Gasteiger partial charge >= 0.3 is 12.1 Å². The molecular weight excluding hydrogens is 573 g/mol. The molecule has 5 rings (SSSR count). The second-order valence-electron chi connectivity index (χ2n) is 9.20.